The van der Waals surface area contributed by atoms with Crippen LogP contribution in [0.1, 0.15) is 38.4 Å². The largest absolute Gasteiger partial charge is 0.393 e. The number of rotatable bonds is 11. The van der Waals surface area contributed by atoms with Gasteiger partial charge >= 0.3 is 0 Å². The van der Waals surface area contributed by atoms with E-state index in [1.807, 2.05) is 16.7 Å². The normalized spacial score (nSPS) is 12.2. The van der Waals surface area contributed by atoms with Crippen LogP contribution in [-0.4, -0.2) is 52.6 Å². The van der Waals surface area contributed by atoms with Crippen molar-refractivity contribution in [2.75, 3.05) is 6.61 Å². The lowest BCUT2D eigenvalue weighted by Gasteiger charge is -2.15. The van der Waals surface area contributed by atoms with E-state index >= 15 is 0 Å². The Bertz CT molecular complexity index is 1400. The lowest BCUT2D eigenvalue weighted by molar-refractivity contribution is -0.128. The van der Waals surface area contributed by atoms with Crippen LogP contribution in [0.3, 0.4) is 0 Å². The smallest absolute Gasteiger partial charge is 0.259 e. The molecule has 0 aliphatic heterocycles. The van der Waals surface area contributed by atoms with Gasteiger partial charge in [0, 0.05) is 60.2 Å². The van der Waals surface area contributed by atoms with Crippen molar-refractivity contribution in [3.63, 3.8) is 0 Å². The van der Waals surface area contributed by atoms with E-state index in [4.69, 9.17) is 21.7 Å². The first kappa shape index (κ1) is 25.7. The summed E-state index contributed by atoms with van der Waals surface area (Å²) in [5.74, 6) is 0.506. The third-order valence-electron chi connectivity index (χ3n) is 5.98. The zero-order valence-corrected chi connectivity index (χ0v) is 20.7. The standard InChI is InChI=1S/C26H28ClN5O4/c1-2-3-4-11-31-21(18-13-28-24(29-14-18)10-9-22(34)23(35)16-33)12-25(36)32-15-20(30-26(31)32)17-5-7-19(27)8-6-17/h5-8,12-15,23,33,35H,2-4,9-11,16H2,1H3/t23-/m1/s1. The third-order valence-corrected chi connectivity index (χ3v) is 6.24. The highest BCUT2D eigenvalue weighted by atomic mass is 35.5. The Morgan fingerprint density at radius 3 is 2.50 bits per heavy atom. The molecule has 0 amide bonds. The number of nitrogens with zero attached hydrogens (tertiary/aromatic N) is 5. The van der Waals surface area contributed by atoms with E-state index in [-0.39, 0.29) is 18.4 Å². The number of halogens is 1. The first-order chi connectivity index (χ1) is 17.4. The van der Waals surface area contributed by atoms with Crippen molar-refractivity contribution in [1.29, 1.82) is 0 Å². The summed E-state index contributed by atoms with van der Waals surface area (Å²) >= 11 is 6.03. The molecule has 0 aliphatic carbocycles. The van der Waals surface area contributed by atoms with Crippen molar-refractivity contribution >= 4 is 23.2 Å². The number of hydrogen-bond donors (Lipinski definition) is 2. The van der Waals surface area contributed by atoms with Crippen molar-refractivity contribution in [3.8, 4) is 22.5 Å². The molecule has 0 saturated heterocycles. The molecular weight excluding hydrogens is 482 g/mol. The second kappa shape index (κ2) is 11.6. The second-order valence-corrected chi connectivity index (χ2v) is 9.02. The fourth-order valence-electron chi connectivity index (χ4n) is 3.95. The first-order valence-electron chi connectivity index (χ1n) is 11.9. The molecule has 188 valence electrons. The maximum Gasteiger partial charge on any atom is 0.259 e. The average molecular weight is 510 g/mol. The monoisotopic (exact) mass is 509 g/mol. The molecule has 10 heteroatoms. The van der Waals surface area contributed by atoms with Crippen molar-refractivity contribution < 1.29 is 15.0 Å². The van der Waals surface area contributed by atoms with E-state index in [9.17, 15) is 14.7 Å². The average Bonchev–Trinajstić information content (AvgIpc) is 3.35. The Labute approximate surface area is 213 Å². The number of imidazole rings is 1. The maximum atomic E-state index is 13.1. The second-order valence-electron chi connectivity index (χ2n) is 8.58. The molecule has 3 heterocycles. The molecule has 36 heavy (non-hydrogen) atoms. The number of fused-ring (bicyclic) bond motifs is 1. The molecule has 4 rings (SSSR count). The van der Waals surface area contributed by atoms with Gasteiger partial charge in [0.25, 0.3) is 5.56 Å². The molecule has 0 bridgehead atoms. The highest BCUT2D eigenvalue weighted by Gasteiger charge is 2.17. The van der Waals surface area contributed by atoms with Gasteiger partial charge in [0.15, 0.2) is 5.78 Å². The molecule has 0 spiro atoms. The predicted molar refractivity (Wildman–Crippen MR) is 137 cm³/mol. The number of aliphatic hydroxyl groups excluding tert-OH is 2. The summed E-state index contributed by atoms with van der Waals surface area (Å²) < 4.78 is 3.56. The van der Waals surface area contributed by atoms with Crippen LogP contribution in [-0.2, 0) is 17.8 Å². The number of Topliss-reactive ketones (excluding diaryl/α,β-unsaturated/α-hetero) is 1. The van der Waals surface area contributed by atoms with Gasteiger partial charge in [-0.15, -0.1) is 0 Å². The van der Waals surface area contributed by atoms with Crippen molar-refractivity contribution in [2.24, 2.45) is 0 Å². The lowest BCUT2D eigenvalue weighted by Crippen LogP contribution is -2.24. The molecule has 3 aromatic heterocycles. The van der Waals surface area contributed by atoms with Gasteiger partial charge in [-0.1, -0.05) is 43.5 Å². The fraction of sp³-hybridized carbons (Fsp3) is 0.346. The topological polar surface area (TPSA) is 123 Å². The zero-order valence-electron chi connectivity index (χ0n) is 20.0. The van der Waals surface area contributed by atoms with E-state index < -0.39 is 18.5 Å². The van der Waals surface area contributed by atoms with Crippen molar-refractivity contribution in [2.45, 2.75) is 51.7 Å². The lowest BCUT2D eigenvalue weighted by atomic mass is 10.1. The van der Waals surface area contributed by atoms with E-state index in [1.54, 1.807) is 41.2 Å². The Hall–Kier alpha value is -3.40. The molecule has 0 saturated carbocycles. The van der Waals surface area contributed by atoms with E-state index in [2.05, 4.69) is 16.9 Å². The van der Waals surface area contributed by atoms with Gasteiger partial charge < -0.3 is 14.8 Å². The number of carbonyl (C=O) groups excluding carboxylic acids is 1. The number of ketones is 1. The molecule has 2 N–H and O–H groups in total. The predicted octanol–water partition coefficient (Wildman–Crippen LogP) is 3.32. The van der Waals surface area contributed by atoms with Gasteiger partial charge in [0.1, 0.15) is 11.9 Å². The molecule has 0 unspecified atom stereocenters. The van der Waals surface area contributed by atoms with Crippen LogP contribution in [0.15, 0.2) is 53.7 Å². The number of unbranched alkanes of at least 4 members (excludes halogenated alkanes) is 2. The summed E-state index contributed by atoms with van der Waals surface area (Å²) in [7, 11) is 0. The highest BCUT2D eigenvalue weighted by molar-refractivity contribution is 6.30. The summed E-state index contributed by atoms with van der Waals surface area (Å²) in [5.41, 5.74) is 2.64. The Balaban J connectivity index is 1.70. The van der Waals surface area contributed by atoms with Crippen LogP contribution in [0, 0.1) is 0 Å². The Morgan fingerprint density at radius 1 is 1.11 bits per heavy atom. The molecular formula is C26H28ClN5O4. The minimum absolute atomic E-state index is 0.0241. The van der Waals surface area contributed by atoms with Crippen LogP contribution in [0.25, 0.3) is 28.3 Å². The van der Waals surface area contributed by atoms with E-state index in [1.165, 1.54) is 0 Å². The number of hydrogen-bond acceptors (Lipinski definition) is 7. The maximum absolute atomic E-state index is 13.1. The molecule has 0 aliphatic rings. The van der Waals surface area contributed by atoms with Crippen molar-refractivity contribution in [3.05, 3.63) is 70.1 Å². The van der Waals surface area contributed by atoms with Gasteiger partial charge in [-0.05, 0) is 18.6 Å². The quantitative estimate of drug-likeness (QED) is 0.297. The SMILES string of the molecule is CCCCCn1c(-c2cnc(CCC(=O)[C@H](O)CO)nc2)cc(=O)n2cc(-c3ccc(Cl)cc3)nc12. The number of benzene rings is 1. The summed E-state index contributed by atoms with van der Waals surface area (Å²) in [5, 5.41) is 19.0. The number of aryl methyl sites for hydroxylation is 2. The Kier molecular flexibility index (Phi) is 8.25. The molecule has 0 radical (unpaired) electrons. The van der Waals surface area contributed by atoms with Gasteiger partial charge in [-0.3, -0.25) is 14.0 Å². The molecule has 4 aromatic rings. The Morgan fingerprint density at radius 2 is 1.83 bits per heavy atom. The van der Waals surface area contributed by atoms with Gasteiger partial charge in [-0.2, -0.15) is 0 Å². The molecule has 1 atom stereocenters. The van der Waals surface area contributed by atoms with Gasteiger partial charge in [0.2, 0.25) is 5.78 Å². The first-order valence-corrected chi connectivity index (χ1v) is 12.3. The fourth-order valence-corrected chi connectivity index (χ4v) is 4.08. The van der Waals surface area contributed by atoms with Crippen LogP contribution in [0.5, 0.6) is 0 Å². The minimum atomic E-state index is -1.39. The van der Waals surface area contributed by atoms with Crippen LogP contribution in [0.2, 0.25) is 5.02 Å². The van der Waals surface area contributed by atoms with Crippen LogP contribution < -0.4 is 5.56 Å². The molecule has 9 nitrogen and oxygen atoms in total. The third kappa shape index (κ3) is 5.70. The summed E-state index contributed by atoms with van der Waals surface area (Å²) in [6.45, 7) is 2.19. The number of aliphatic hydroxyl groups is 2. The van der Waals surface area contributed by atoms with Gasteiger partial charge in [0.05, 0.1) is 18.0 Å². The zero-order chi connectivity index (χ0) is 25.7. The minimum Gasteiger partial charge on any atom is -0.393 e. The van der Waals surface area contributed by atoms with Crippen LogP contribution >= 0.6 is 11.6 Å². The van der Waals surface area contributed by atoms with Gasteiger partial charge in [-0.25, -0.2) is 15.0 Å². The summed E-state index contributed by atoms with van der Waals surface area (Å²) in [6.07, 6.45) is 6.86. The number of aromatic nitrogens is 5. The highest BCUT2D eigenvalue weighted by Crippen LogP contribution is 2.24. The number of carbonyl (C=O) groups is 1. The van der Waals surface area contributed by atoms with Crippen molar-refractivity contribution in [1.82, 2.24) is 23.9 Å². The summed E-state index contributed by atoms with van der Waals surface area (Å²) in [6, 6.07) is 8.88. The van der Waals surface area contributed by atoms with Crippen LogP contribution in [0.4, 0.5) is 0 Å². The summed E-state index contributed by atoms with van der Waals surface area (Å²) in [4.78, 5) is 38.3. The van der Waals surface area contributed by atoms with E-state index in [0.29, 0.717) is 40.1 Å². The molecule has 0 fully saturated rings. The van der Waals surface area contributed by atoms with E-state index in [0.717, 1.165) is 24.8 Å². The molecule has 1 aromatic carbocycles.